The summed E-state index contributed by atoms with van der Waals surface area (Å²) in [7, 11) is 2.94. The molecule has 2 aromatic rings. The lowest BCUT2D eigenvalue weighted by Gasteiger charge is -2.18. The molecule has 6 nitrogen and oxygen atoms in total. The second-order valence-corrected chi connectivity index (χ2v) is 7.19. The van der Waals surface area contributed by atoms with E-state index in [1.165, 1.54) is 41.3 Å². The first kappa shape index (κ1) is 19.0. The second kappa shape index (κ2) is 8.13. The van der Waals surface area contributed by atoms with Gasteiger partial charge >= 0.3 is 5.69 Å². The van der Waals surface area contributed by atoms with Crippen LogP contribution in [0, 0.1) is 0 Å². The maximum atomic E-state index is 12.5. The number of thiophene rings is 1. The van der Waals surface area contributed by atoms with Gasteiger partial charge in [-0.2, -0.15) is 0 Å². The van der Waals surface area contributed by atoms with Gasteiger partial charge in [-0.3, -0.25) is 14.2 Å². The van der Waals surface area contributed by atoms with Crippen LogP contribution in [0.15, 0.2) is 46.6 Å². The topological polar surface area (TPSA) is 64.3 Å². The summed E-state index contributed by atoms with van der Waals surface area (Å²) >= 11 is 7.32. The Hall–Kier alpha value is -2.38. The lowest BCUT2D eigenvalue weighted by atomic mass is 10.2. The van der Waals surface area contributed by atoms with Crippen LogP contribution < -0.4 is 11.2 Å². The van der Waals surface area contributed by atoms with Crippen LogP contribution in [0.3, 0.4) is 0 Å². The summed E-state index contributed by atoms with van der Waals surface area (Å²) in [4.78, 5) is 38.8. The molecule has 0 bridgehead atoms. The van der Waals surface area contributed by atoms with Crippen LogP contribution in [0.4, 0.5) is 0 Å². The molecule has 25 heavy (non-hydrogen) atoms. The van der Waals surface area contributed by atoms with Crippen molar-refractivity contribution in [1.82, 2.24) is 14.0 Å². The molecule has 0 N–H and O–H groups in total. The quantitative estimate of drug-likeness (QED) is 0.569. The van der Waals surface area contributed by atoms with Gasteiger partial charge in [0, 0.05) is 37.8 Å². The van der Waals surface area contributed by atoms with E-state index in [1.54, 1.807) is 24.1 Å². The summed E-state index contributed by atoms with van der Waals surface area (Å²) in [6.07, 6.45) is 5.78. The first-order chi connectivity index (χ1) is 11.8. The summed E-state index contributed by atoms with van der Waals surface area (Å²) < 4.78 is 2.95. The highest BCUT2D eigenvalue weighted by atomic mass is 35.5. The Morgan fingerprint density at radius 3 is 2.68 bits per heavy atom. The highest BCUT2D eigenvalue weighted by molar-refractivity contribution is 7.16. The Morgan fingerprint density at radius 1 is 1.36 bits per heavy atom. The predicted molar refractivity (Wildman–Crippen MR) is 101 cm³/mol. The Morgan fingerprint density at radius 2 is 2.08 bits per heavy atom. The van der Waals surface area contributed by atoms with Gasteiger partial charge in [0.1, 0.15) is 0 Å². The average molecular weight is 380 g/mol. The van der Waals surface area contributed by atoms with Crippen molar-refractivity contribution in [2.45, 2.75) is 6.54 Å². The molecule has 0 fully saturated rings. The first-order valence-corrected chi connectivity index (χ1v) is 8.61. The van der Waals surface area contributed by atoms with E-state index >= 15 is 0 Å². The molecule has 0 saturated carbocycles. The first-order valence-electron chi connectivity index (χ1n) is 7.42. The molecule has 0 spiro atoms. The van der Waals surface area contributed by atoms with Crippen molar-refractivity contribution in [3.05, 3.63) is 72.7 Å². The van der Waals surface area contributed by atoms with Crippen LogP contribution in [0.1, 0.15) is 10.4 Å². The molecule has 132 valence electrons. The maximum Gasteiger partial charge on any atom is 0.330 e. The van der Waals surface area contributed by atoms with Crippen molar-refractivity contribution in [3.63, 3.8) is 0 Å². The van der Waals surface area contributed by atoms with Crippen molar-refractivity contribution in [3.8, 4) is 0 Å². The molecule has 2 heterocycles. The minimum atomic E-state index is -0.451. The lowest BCUT2D eigenvalue weighted by Crippen LogP contribution is -2.37. The molecule has 2 rings (SSSR count). The van der Waals surface area contributed by atoms with Gasteiger partial charge in [-0.15, -0.1) is 17.9 Å². The molecular formula is C17H18ClN3O3S. The highest BCUT2D eigenvalue weighted by Gasteiger charge is 2.12. The van der Waals surface area contributed by atoms with Crippen LogP contribution in [0.5, 0.6) is 0 Å². The zero-order chi connectivity index (χ0) is 18.6. The largest absolute Gasteiger partial charge is 0.330 e. The van der Waals surface area contributed by atoms with E-state index in [2.05, 4.69) is 6.58 Å². The Bertz CT molecular complexity index is 939. The fraction of sp³-hybridized carbons (Fsp3) is 0.235. The number of hydrogen-bond donors (Lipinski definition) is 0. The molecule has 0 aliphatic rings. The van der Waals surface area contributed by atoms with Crippen LogP contribution in [0.2, 0.25) is 4.34 Å². The van der Waals surface area contributed by atoms with Gasteiger partial charge in [0.2, 0.25) is 5.91 Å². The summed E-state index contributed by atoms with van der Waals surface area (Å²) in [5.41, 5.74) is -0.612. The van der Waals surface area contributed by atoms with Crippen molar-refractivity contribution in [1.29, 1.82) is 0 Å². The van der Waals surface area contributed by atoms with E-state index in [1.807, 2.05) is 6.07 Å². The van der Waals surface area contributed by atoms with Gasteiger partial charge in [-0.1, -0.05) is 17.7 Å². The summed E-state index contributed by atoms with van der Waals surface area (Å²) in [5, 5.41) is 0. The van der Waals surface area contributed by atoms with Crippen LogP contribution in [0.25, 0.3) is 6.08 Å². The number of carbonyl (C=O) groups excluding carboxylic acids is 1. The second-order valence-electron chi connectivity index (χ2n) is 5.39. The molecule has 2 aromatic heterocycles. The van der Waals surface area contributed by atoms with Crippen molar-refractivity contribution in [2.24, 2.45) is 14.1 Å². The van der Waals surface area contributed by atoms with E-state index in [4.69, 9.17) is 11.6 Å². The van der Waals surface area contributed by atoms with E-state index < -0.39 is 11.2 Å². The number of hydrogen-bond acceptors (Lipinski definition) is 4. The number of aromatic nitrogens is 2. The number of halogens is 1. The van der Waals surface area contributed by atoms with E-state index in [9.17, 15) is 14.4 Å². The van der Waals surface area contributed by atoms with Crippen molar-refractivity contribution >= 4 is 34.9 Å². The molecule has 0 aromatic carbocycles. The van der Waals surface area contributed by atoms with E-state index in [-0.39, 0.29) is 11.5 Å². The standard InChI is InChI=1S/C17H18ClN3O3S/c1-4-9-21(11-13-6-7-14(18)25-13)15(22)8-5-12-10-19(2)17(24)20(3)16(12)23/h4-8,10H,1,9,11H2,2-3H3/b8-5+. The van der Waals surface area contributed by atoms with Crippen LogP contribution in [-0.2, 0) is 25.4 Å². The monoisotopic (exact) mass is 379 g/mol. The normalized spacial score (nSPS) is 11.0. The third kappa shape index (κ3) is 4.58. The van der Waals surface area contributed by atoms with Gasteiger partial charge in [0.05, 0.1) is 16.4 Å². The number of rotatable bonds is 6. The Balaban J connectivity index is 2.23. The number of nitrogens with zero attached hydrogens (tertiary/aromatic N) is 3. The predicted octanol–water partition coefficient (Wildman–Crippen LogP) is 2.03. The van der Waals surface area contributed by atoms with Crippen molar-refractivity contribution in [2.75, 3.05) is 6.54 Å². The SMILES string of the molecule is C=CCN(Cc1ccc(Cl)s1)C(=O)/C=C/c1cn(C)c(=O)n(C)c1=O. The Kier molecular flexibility index (Phi) is 6.17. The Labute approximate surface area is 153 Å². The molecular weight excluding hydrogens is 362 g/mol. The molecule has 0 saturated heterocycles. The van der Waals surface area contributed by atoms with E-state index in [0.717, 1.165) is 9.44 Å². The van der Waals surface area contributed by atoms with Crippen LogP contribution in [-0.4, -0.2) is 26.5 Å². The minimum Gasteiger partial charge on any atom is -0.330 e. The summed E-state index contributed by atoms with van der Waals surface area (Å²) in [5.74, 6) is -0.264. The molecule has 0 radical (unpaired) electrons. The smallest absolute Gasteiger partial charge is 0.330 e. The fourth-order valence-electron chi connectivity index (χ4n) is 2.23. The van der Waals surface area contributed by atoms with Crippen LogP contribution >= 0.6 is 22.9 Å². The lowest BCUT2D eigenvalue weighted by molar-refractivity contribution is -0.126. The van der Waals surface area contributed by atoms with E-state index in [0.29, 0.717) is 17.4 Å². The van der Waals surface area contributed by atoms with Gasteiger partial charge < -0.3 is 9.47 Å². The van der Waals surface area contributed by atoms with Gasteiger partial charge in [-0.05, 0) is 18.2 Å². The molecule has 0 atom stereocenters. The minimum absolute atomic E-state index is 0.260. The third-order valence-corrected chi connectivity index (χ3v) is 4.73. The number of carbonyl (C=O) groups is 1. The third-order valence-electron chi connectivity index (χ3n) is 3.52. The van der Waals surface area contributed by atoms with Gasteiger partial charge in [-0.25, -0.2) is 4.79 Å². The van der Waals surface area contributed by atoms with Gasteiger partial charge in [0.25, 0.3) is 5.56 Å². The molecule has 1 amide bonds. The average Bonchev–Trinajstić information content (AvgIpc) is 2.99. The summed E-state index contributed by atoms with van der Waals surface area (Å²) in [6.45, 7) is 4.43. The molecule has 8 heteroatoms. The summed E-state index contributed by atoms with van der Waals surface area (Å²) in [6, 6.07) is 3.64. The van der Waals surface area contributed by atoms with Crippen molar-refractivity contribution < 1.29 is 4.79 Å². The molecule has 0 unspecified atom stereocenters. The highest BCUT2D eigenvalue weighted by Crippen LogP contribution is 2.22. The zero-order valence-corrected chi connectivity index (χ0v) is 15.5. The molecule has 0 aliphatic carbocycles. The molecule has 0 aliphatic heterocycles. The zero-order valence-electron chi connectivity index (χ0n) is 13.9. The van der Waals surface area contributed by atoms with Gasteiger partial charge in [0.15, 0.2) is 0 Å². The fourth-order valence-corrected chi connectivity index (χ4v) is 3.33. The maximum absolute atomic E-state index is 12.5. The number of aryl methyl sites for hydroxylation is 1. The number of amides is 1.